The molecule has 3 aromatic rings. The number of pyridine rings is 2. The molecule has 3 aromatic heterocycles. The van der Waals surface area contributed by atoms with Crippen LogP contribution in [0.25, 0.3) is 16.9 Å². The first-order valence-corrected chi connectivity index (χ1v) is 9.60. The first kappa shape index (κ1) is 18.2. The summed E-state index contributed by atoms with van der Waals surface area (Å²) < 4.78 is 32.1. The molecule has 0 spiro atoms. The molecule has 0 bridgehead atoms. The lowest BCUT2D eigenvalue weighted by atomic mass is 10.2. The van der Waals surface area contributed by atoms with Gasteiger partial charge < -0.3 is 10.1 Å². The second-order valence-corrected chi connectivity index (χ2v) is 9.58. The number of nitrogens with one attached hydrogen (secondary N) is 1. The van der Waals surface area contributed by atoms with Crippen molar-refractivity contribution in [2.24, 2.45) is 0 Å². The SMILES string of the molecule is CNc1cncc(-c2cnc3cc(OC)c(S(=O)(=O)C(C)(C)C)cn23)c1. The predicted octanol–water partition coefficient (Wildman–Crippen LogP) is 3.02. The van der Waals surface area contributed by atoms with Crippen LogP contribution in [0.15, 0.2) is 41.8 Å². The van der Waals surface area contributed by atoms with Crippen molar-refractivity contribution in [2.75, 3.05) is 19.5 Å². The monoisotopic (exact) mass is 374 g/mol. The number of aromatic nitrogens is 3. The second kappa shape index (κ2) is 6.28. The topological polar surface area (TPSA) is 85.6 Å². The lowest BCUT2D eigenvalue weighted by molar-refractivity contribution is 0.401. The maximum absolute atomic E-state index is 13.0. The van der Waals surface area contributed by atoms with Crippen molar-refractivity contribution >= 4 is 21.2 Å². The molecule has 3 rings (SSSR count). The van der Waals surface area contributed by atoms with Crippen LogP contribution in [0.4, 0.5) is 5.69 Å². The fourth-order valence-corrected chi connectivity index (χ4v) is 3.92. The van der Waals surface area contributed by atoms with Crippen molar-refractivity contribution < 1.29 is 13.2 Å². The van der Waals surface area contributed by atoms with Gasteiger partial charge in [0.15, 0.2) is 9.84 Å². The van der Waals surface area contributed by atoms with Crippen LogP contribution < -0.4 is 10.1 Å². The van der Waals surface area contributed by atoms with Gasteiger partial charge in [-0.2, -0.15) is 0 Å². The Balaban J connectivity index is 2.29. The molecule has 1 N–H and O–H groups in total. The fourth-order valence-electron chi connectivity index (χ4n) is 2.61. The maximum atomic E-state index is 13.0. The van der Waals surface area contributed by atoms with E-state index in [4.69, 9.17) is 4.74 Å². The zero-order valence-corrected chi connectivity index (χ0v) is 16.3. The maximum Gasteiger partial charge on any atom is 0.188 e. The molecule has 0 unspecified atom stereocenters. The van der Waals surface area contributed by atoms with Gasteiger partial charge in [0, 0.05) is 37.3 Å². The minimum atomic E-state index is -3.60. The number of ether oxygens (including phenoxy) is 1. The van der Waals surface area contributed by atoms with Gasteiger partial charge >= 0.3 is 0 Å². The summed E-state index contributed by atoms with van der Waals surface area (Å²) in [4.78, 5) is 8.74. The van der Waals surface area contributed by atoms with Crippen molar-refractivity contribution in [1.82, 2.24) is 14.4 Å². The van der Waals surface area contributed by atoms with Crippen molar-refractivity contribution in [3.8, 4) is 17.0 Å². The van der Waals surface area contributed by atoms with E-state index >= 15 is 0 Å². The smallest absolute Gasteiger partial charge is 0.188 e. The summed E-state index contributed by atoms with van der Waals surface area (Å²) in [6, 6.07) is 3.57. The normalized spacial score (nSPS) is 12.3. The molecule has 0 fully saturated rings. The lowest BCUT2D eigenvalue weighted by Gasteiger charge is -2.21. The molecule has 8 heteroatoms. The van der Waals surface area contributed by atoms with Gasteiger partial charge in [-0.3, -0.25) is 9.38 Å². The number of sulfone groups is 1. The Morgan fingerprint density at radius 3 is 2.50 bits per heavy atom. The third-order valence-corrected chi connectivity index (χ3v) is 6.71. The summed E-state index contributed by atoms with van der Waals surface area (Å²) in [5.74, 6) is 0.284. The summed E-state index contributed by atoms with van der Waals surface area (Å²) in [5.41, 5.74) is 3.03. The van der Waals surface area contributed by atoms with E-state index in [0.29, 0.717) is 5.65 Å². The molecule has 0 saturated heterocycles. The van der Waals surface area contributed by atoms with Crippen LogP contribution in [0.1, 0.15) is 20.8 Å². The second-order valence-electron chi connectivity index (χ2n) is 6.91. The Kier molecular flexibility index (Phi) is 4.39. The Morgan fingerprint density at radius 1 is 1.15 bits per heavy atom. The molecule has 7 nitrogen and oxygen atoms in total. The van der Waals surface area contributed by atoms with E-state index in [0.717, 1.165) is 16.9 Å². The lowest BCUT2D eigenvalue weighted by Crippen LogP contribution is -2.28. The Labute approximate surface area is 153 Å². The van der Waals surface area contributed by atoms with E-state index in [-0.39, 0.29) is 10.6 Å². The highest BCUT2D eigenvalue weighted by Crippen LogP contribution is 2.34. The molecular formula is C18H22N4O3S. The van der Waals surface area contributed by atoms with Gasteiger partial charge in [0.2, 0.25) is 0 Å². The van der Waals surface area contributed by atoms with Crippen LogP contribution >= 0.6 is 0 Å². The van der Waals surface area contributed by atoms with Gasteiger partial charge in [-0.1, -0.05) is 0 Å². The molecule has 0 aromatic carbocycles. The van der Waals surface area contributed by atoms with Crippen LogP contribution in [0.3, 0.4) is 0 Å². The summed E-state index contributed by atoms with van der Waals surface area (Å²) in [6.07, 6.45) is 6.69. The molecular weight excluding hydrogens is 352 g/mol. The number of nitrogens with zero attached hydrogens (tertiary/aromatic N) is 3. The predicted molar refractivity (Wildman–Crippen MR) is 101 cm³/mol. The molecule has 26 heavy (non-hydrogen) atoms. The number of fused-ring (bicyclic) bond motifs is 1. The molecule has 0 atom stereocenters. The zero-order chi connectivity index (χ0) is 19.1. The largest absolute Gasteiger partial charge is 0.495 e. The van der Waals surface area contributed by atoms with Crippen LogP contribution in [0.5, 0.6) is 5.75 Å². The molecule has 0 aliphatic rings. The number of rotatable bonds is 4. The number of hydrogen-bond donors (Lipinski definition) is 1. The Hall–Kier alpha value is -2.61. The molecule has 0 aliphatic carbocycles. The average molecular weight is 374 g/mol. The van der Waals surface area contributed by atoms with Crippen LogP contribution in [0, 0.1) is 0 Å². The summed E-state index contributed by atoms with van der Waals surface area (Å²) in [5, 5.41) is 3.04. The van der Waals surface area contributed by atoms with Gasteiger partial charge in [-0.25, -0.2) is 13.4 Å². The minimum absolute atomic E-state index is 0.136. The number of anilines is 1. The van der Waals surface area contributed by atoms with Gasteiger partial charge in [-0.15, -0.1) is 0 Å². The van der Waals surface area contributed by atoms with Crippen molar-refractivity contribution in [3.05, 3.63) is 36.9 Å². The van der Waals surface area contributed by atoms with Gasteiger partial charge in [-0.05, 0) is 26.8 Å². The highest BCUT2D eigenvalue weighted by atomic mass is 32.2. The van der Waals surface area contributed by atoms with E-state index < -0.39 is 14.6 Å². The zero-order valence-electron chi connectivity index (χ0n) is 15.4. The molecule has 3 heterocycles. The highest BCUT2D eigenvalue weighted by molar-refractivity contribution is 7.92. The highest BCUT2D eigenvalue weighted by Gasteiger charge is 2.34. The molecule has 0 radical (unpaired) electrons. The van der Waals surface area contributed by atoms with Crippen molar-refractivity contribution in [1.29, 1.82) is 0 Å². The summed E-state index contributed by atoms with van der Waals surface area (Å²) in [6.45, 7) is 5.00. The van der Waals surface area contributed by atoms with Crippen molar-refractivity contribution in [2.45, 2.75) is 30.4 Å². The number of methoxy groups -OCH3 is 1. The van der Waals surface area contributed by atoms with Gasteiger partial charge in [0.1, 0.15) is 16.3 Å². The van der Waals surface area contributed by atoms with Crippen LogP contribution in [0.2, 0.25) is 0 Å². The molecule has 0 amide bonds. The first-order valence-electron chi connectivity index (χ1n) is 8.12. The van der Waals surface area contributed by atoms with Gasteiger partial charge in [0.05, 0.1) is 29.4 Å². The van der Waals surface area contributed by atoms with E-state index in [1.165, 1.54) is 7.11 Å². The third kappa shape index (κ3) is 2.90. The average Bonchev–Trinajstić information content (AvgIpc) is 3.02. The Morgan fingerprint density at radius 2 is 1.88 bits per heavy atom. The van der Waals surface area contributed by atoms with E-state index in [1.54, 1.807) is 56.0 Å². The third-order valence-electron chi connectivity index (χ3n) is 4.21. The van der Waals surface area contributed by atoms with Crippen LogP contribution in [-0.2, 0) is 9.84 Å². The number of hydrogen-bond acceptors (Lipinski definition) is 6. The summed E-state index contributed by atoms with van der Waals surface area (Å²) in [7, 11) is -0.332. The molecule has 0 aliphatic heterocycles. The van der Waals surface area contributed by atoms with Gasteiger partial charge in [0.25, 0.3) is 0 Å². The molecule has 138 valence electrons. The van der Waals surface area contributed by atoms with E-state index in [2.05, 4.69) is 15.3 Å². The van der Waals surface area contributed by atoms with Crippen LogP contribution in [-0.4, -0.2) is 41.7 Å². The Bertz CT molecular complexity index is 1070. The quantitative estimate of drug-likeness (QED) is 0.755. The standard InChI is InChI=1S/C18H22N4O3S/c1-18(2,3)26(23,24)16-11-22-14(10-21-17(22)7-15(16)25-5)12-6-13(19-4)9-20-8-12/h6-11,19H,1-5H3. The van der Waals surface area contributed by atoms with Crippen molar-refractivity contribution in [3.63, 3.8) is 0 Å². The van der Waals surface area contributed by atoms with E-state index in [1.807, 2.05) is 13.1 Å². The molecule has 0 saturated carbocycles. The van der Waals surface area contributed by atoms with E-state index in [9.17, 15) is 8.42 Å². The minimum Gasteiger partial charge on any atom is -0.495 e. The fraction of sp³-hybridized carbons (Fsp3) is 0.333. The number of imidazole rings is 1. The first-order chi connectivity index (χ1) is 12.2. The summed E-state index contributed by atoms with van der Waals surface area (Å²) >= 11 is 0.